The number of amides is 1. The van der Waals surface area contributed by atoms with Crippen LogP contribution in [0.25, 0.3) is 0 Å². The van der Waals surface area contributed by atoms with Crippen molar-refractivity contribution >= 4 is 11.9 Å². The van der Waals surface area contributed by atoms with Crippen LogP contribution >= 0.6 is 0 Å². The highest BCUT2D eigenvalue weighted by atomic mass is 16.5. The topological polar surface area (TPSA) is 85.4 Å². The van der Waals surface area contributed by atoms with Crippen LogP contribution in [-0.2, 0) is 6.42 Å². The van der Waals surface area contributed by atoms with E-state index >= 15 is 0 Å². The molecule has 0 aliphatic carbocycles. The van der Waals surface area contributed by atoms with Gasteiger partial charge in [0.1, 0.15) is 5.75 Å². The third kappa shape index (κ3) is 2.86. The fourth-order valence-corrected chi connectivity index (χ4v) is 2.03. The van der Waals surface area contributed by atoms with Crippen molar-refractivity contribution in [2.45, 2.75) is 6.42 Å². The number of benzene rings is 1. The van der Waals surface area contributed by atoms with Crippen LogP contribution in [0.5, 0.6) is 11.6 Å². The first-order valence-electron chi connectivity index (χ1n) is 6.45. The van der Waals surface area contributed by atoms with E-state index in [0.29, 0.717) is 18.1 Å². The maximum atomic E-state index is 12.1. The lowest BCUT2D eigenvalue weighted by Crippen LogP contribution is -2.30. The van der Waals surface area contributed by atoms with E-state index in [1.54, 1.807) is 18.2 Å². The van der Waals surface area contributed by atoms with Crippen LogP contribution in [0, 0.1) is 0 Å². The van der Waals surface area contributed by atoms with Crippen LogP contribution in [0.2, 0.25) is 0 Å². The van der Waals surface area contributed by atoms with Crippen LogP contribution in [0.15, 0.2) is 30.5 Å². The molecule has 3 rings (SSSR count). The van der Waals surface area contributed by atoms with Crippen molar-refractivity contribution < 1.29 is 14.3 Å². The standard InChI is InChI=1S/C14H14N4O3/c1-20-12-4-6-15-14(16-12)18-17-13(19)10-2-3-11-9(8-10)5-7-21-11/h2-4,6,8H,5,7H2,1H3,(H,17,19)(H,15,16,18). The molecule has 2 aromatic rings. The van der Waals surface area contributed by atoms with Crippen LogP contribution in [0.4, 0.5) is 5.95 Å². The highest BCUT2D eigenvalue weighted by Crippen LogP contribution is 2.25. The van der Waals surface area contributed by atoms with E-state index < -0.39 is 0 Å². The second-order valence-electron chi connectivity index (χ2n) is 4.42. The maximum Gasteiger partial charge on any atom is 0.269 e. The summed E-state index contributed by atoms with van der Waals surface area (Å²) in [6.07, 6.45) is 2.36. The SMILES string of the molecule is COc1ccnc(NNC(=O)c2ccc3c(c2)CCO3)n1. The van der Waals surface area contributed by atoms with Gasteiger partial charge in [-0.2, -0.15) is 4.98 Å². The number of rotatable bonds is 4. The largest absolute Gasteiger partial charge is 0.493 e. The maximum absolute atomic E-state index is 12.1. The number of hydrazine groups is 1. The average Bonchev–Trinajstić information content (AvgIpc) is 3.00. The highest BCUT2D eigenvalue weighted by Gasteiger charge is 2.15. The molecule has 0 radical (unpaired) electrons. The van der Waals surface area contributed by atoms with Crippen molar-refractivity contribution in [1.29, 1.82) is 0 Å². The molecule has 2 N–H and O–H groups in total. The zero-order chi connectivity index (χ0) is 14.7. The molecule has 0 saturated heterocycles. The van der Waals surface area contributed by atoms with E-state index in [1.807, 2.05) is 6.07 Å². The molecule has 1 amide bonds. The minimum atomic E-state index is -0.267. The summed E-state index contributed by atoms with van der Waals surface area (Å²) in [6.45, 7) is 0.663. The molecule has 0 bridgehead atoms. The molecule has 0 atom stereocenters. The molecule has 108 valence electrons. The van der Waals surface area contributed by atoms with E-state index in [4.69, 9.17) is 9.47 Å². The van der Waals surface area contributed by atoms with Crippen LogP contribution in [0.1, 0.15) is 15.9 Å². The lowest BCUT2D eigenvalue weighted by atomic mass is 10.1. The minimum absolute atomic E-state index is 0.257. The van der Waals surface area contributed by atoms with Gasteiger partial charge in [-0.3, -0.25) is 15.6 Å². The lowest BCUT2D eigenvalue weighted by molar-refractivity contribution is 0.0962. The van der Waals surface area contributed by atoms with Gasteiger partial charge in [0.15, 0.2) is 0 Å². The van der Waals surface area contributed by atoms with Gasteiger partial charge in [-0.15, -0.1) is 0 Å². The Bertz CT molecular complexity index is 675. The molecule has 7 heteroatoms. The molecule has 1 aliphatic heterocycles. The van der Waals surface area contributed by atoms with Crippen molar-refractivity contribution in [2.75, 3.05) is 19.1 Å². The van der Waals surface area contributed by atoms with Crippen LogP contribution < -0.4 is 20.3 Å². The average molecular weight is 286 g/mol. The quantitative estimate of drug-likeness (QED) is 0.821. The number of nitrogens with one attached hydrogen (secondary N) is 2. The molecule has 1 aliphatic rings. The molecule has 0 saturated carbocycles. The Kier molecular flexibility index (Phi) is 3.55. The number of fused-ring (bicyclic) bond motifs is 1. The van der Waals surface area contributed by atoms with Crippen molar-refractivity contribution in [2.24, 2.45) is 0 Å². The van der Waals surface area contributed by atoms with E-state index in [-0.39, 0.29) is 11.9 Å². The molecular weight excluding hydrogens is 272 g/mol. The molecule has 1 aromatic heterocycles. The summed E-state index contributed by atoms with van der Waals surface area (Å²) in [5.74, 6) is 1.25. The number of nitrogens with zero attached hydrogens (tertiary/aromatic N) is 2. The Labute approximate surface area is 121 Å². The molecule has 7 nitrogen and oxygen atoms in total. The van der Waals surface area contributed by atoms with Crippen molar-refractivity contribution in [1.82, 2.24) is 15.4 Å². The van der Waals surface area contributed by atoms with Gasteiger partial charge in [0.05, 0.1) is 13.7 Å². The predicted octanol–water partition coefficient (Wildman–Crippen LogP) is 1.18. The minimum Gasteiger partial charge on any atom is -0.493 e. The Hall–Kier alpha value is -2.83. The molecule has 2 heterocycles. The van der Waals surface area contributed by atoms with Gasteiger partial charge >= 0.3 is 0 Å². The van der Waals surface area contributed by atoms with Gasteiger partial charge in [0, 0.05) is 24.2 Å². The third-order valence-corrected chi connectivity index (χ3v) is 3.08. The Morgan fingerprint density at radius 1 is 1.38 bits per heavy atom. The fourth-order valence-electron chi connectivity index (χ4n) is 2.03. The Morgan fingerprint density at radius 3 is 3.14 bits per heavy atom. The van der Waals surface area contributed by atoms with Crippen LogP contribution in [-0.4, -0.2) is 29.6 Å². The van der Waals surface area contributed by atoms with Gasteiger partial charge < -0.3 is 9.47 Å². The zero-order valence-electron chi connectivity index (χ0n) is 11.4. The first-order valence-corrected chi connectivity index (χ1v) is 6.45. The molecular formula is C14H14N4O3. The number of anilines is 1. The molecule has 0 unspecified atom stereocenters. The number of hydrogen-bond donors (Lipinski definition) is 2. The molecule has 21 heavy (non-hydrogen) atoms. The van der Waals surface area contributed by atoms with E-state index in [0.717, 1.165) is 17.7 Å². The smallest absolute Gasteiger partial charge is 0.269 e. The van der Waals surface area contributed by atoms with Gasteiger partial charge in [-0.25, -0.2) is 4.98 Å². The third-order valence-electron chi connectivity index (χ3n) is 3.08. The first-order chi connectivity index (χ1) is 10.3. The zero-order valence-corrected chi connectivity index (χ0v) is 11.4. The number of ether oxygens (including phenoxy) is 2. The Balaban J connectivity index is 1.66. The van der Waals surface area contributed by atoms with Crippen LogP contribution in [0.3, 0.4) is 0 Å². The molecule has 0 spiro atoms. The summed E-state index contributed by atoms with van der Waals surface area (Å²) in [5, 5.41) is 0. The molecule has 0 fully saturated rings. The van der Waals surface area contributed by atoms with Gasteiger partial charge in [0.2, 0.25) is 11.8 Å². The summed E-state index contributed by atoms with van der Waals surface area (Å²) >= 11 is 0. The number of hydrogen-bond acceptors (Lipinski definition) is 6. The summed E-state index contributed by atoms with van der Waals surface area (Å²) in [6, 6.07) is 6.96. The normalized spacial score (nSPS) is 12.2. The van der Waals surface area contributed by atoms with Crippen molar-refractivity contribution in [3.63, 3.8) is 0 Å². The van der Waals surface area contributed by atoms with Gasteiger partial charge in [-0.05, 0) is 23.8 Å². The summed E-state index contributed by atoms with van der Waals surface area (Å²) in [5.41, 5.74) is 6.79. The van der Waals surface area contributed by atoms with E-state index in [9.17, 15) is 4.79 Å². The summed E-state index contributed by atoms with van der Waals surface area (Å²) in [7, 11) is 1.51. The van der Waals surface area contributed by atoms with Gasteiger partial charge in [-0.1, -0.05) is 0 Å². The molecule has 1 aromatic carbocycles. The predicted molar refractivity (Wildman–Crippen MR) is 75.3 cm³/mol. The summed E-state index contributed by atoms with van der Waals surface area (Å²) in [4.78, 5) is 20.1. The van der Waals surface area contributed by atoms with E-state index in [1.165, 1.54) is 13.3 Å². The fraction of sp³-hybridized carbons (Fsp3) is 0.214. The van der Waals surface area contributed by atoms with Crippen molar-refractivity contribution in [3.8, 4) is 11.6 Å². The monoisotopic (exact) mass is 286 g/mol. The Morgan fingerprint density at radius 2 is 2.29 bits per heavy atom. The number of aromatic nitrogens is 2. The van der Waals surface area contributed by atoms with Crippen molar-refractivity contribution in [3.05, 3.63) is 41.6 Å². The first kappa shape index (κ1) is 13.2. The highest BCUT2D eigenvalue weighted by molar-refractivity contribution is 5.95. The van der Waals surface area contributed by atoms with Gasteiger partial charge in [0.25, 0.3) is 5.91 Å². The number of carbonyl (C=O) groups excluding carboxylic acids is 1. The number of methoxy groups -OCH3 is 1. The summed E-state index contributed by atoms with van der Waals surface area (Å²) < 4.78 is 10.4. The second-order valence-corrected chi connectivity index (χ2v) is 4.42. The van der Waals surface area contributed by atoms with E-state index in [2.05, 4.69) is 20.8 Å². The number of carbonyl (C=O) groups is 1. The lowest BCUT2D eigenvalue weighted by Gasteiger charge is -2.08. The second kappa shape index (κ2) is 5.66.